The van der Waals surface area contributed by atoms with Crippen LogP contribution in [0.1, 0.15) is 15.4 Å². The zero-order valence-corrected chi connectivity index (χ0v) is 15.8. The summed E-state index contributed by atoms with van der Waals surface area (Å²) in [5, 5.41) is 10.9. The molecule has 0 saturated heterocycles. The Morgan fingerprint density at radius 2 is 1.71 bits per heavy atom. The summed E-state index contributed by atoms with van der Waals surface area (Å²) in [6, 6.07) is 17.8. The molecule has 140 valence electrons. The third kappa shape index (κ3) is 3.45. The zero-order valence-electron chi connectivity index (χ0n) is 15.0. The molecule has 2 heterocycles. The number of nitrogens with one attached hydrogen (secondary N) is 2. The standard InChI is InChI=1S/C20H17N5O2S/c1-12-16-11-17(28-19(16)25(24-12)15-8-3-2-4-9-15)18(26)22-13-6-5-7-14(10-13)23-20(21)27/h2-11H,1H3,(H,22,26)(H3,21,23,27). The van der Waals surface area contributed by atoms with E-state index in [9.17, 15) is 9.59 Å². The maximum absolute atomic E-state index is 12.7. The fourth-order valence-electron chi connectivity index (χ4n) is 2.91. The number of hydrogen-bond donors (Lipinski definition) is 3. The number of fused-ring (bicyclic) bond motifs is 1. The third-order valence-electron chi connectivity index (χ3n) is 4.16. The van der Waals surface area contributed by atoms with E-state index in [0.717, 1.165) is 21.6 Å². The average molecular weight is 391 g/mol. The van der Waals surface area contributed by atoms with Crippen LogP contribution in [0.15, 0.2) is 60.7 Å². The maximum atomic E-state index is 12.7. The highest BCUT2D eigenvalue weighted by atomic mass is 32.1. The van der Waals surface area contributed by atoms with Gasteiger partial charge in [-0.05, 0) is 43.3 Å². The first kappa shape index (κ1) is 17.7. The van der Waals surface area contributed by atoms with Gasteiger partial charge in [0.15, 0.2) is 0 Å². The lowest BCUT2D eigenvalue weighted by molar-refractivity contribution is 0.103. The Kier molecular flexibility index (Phi) is 4.54. The number of nitrogens with zero attached hydrogens (tertiary/aromatic N) is 2. The Morgan fingerprint density at radius 1 is 1.00 bits per heavy atom. The van der Waals surface area contributed by atoms with Crippen LogP contribution in [0.2, 0.25) is 0 Å². The zero-order chi connectivity index (χ0) is 19.7. The summed E-state index contributed by atoms with van der Waals surface area (Å²) in [6.07, 6.45) is 0. The number of aromatic nitrogens is 2. The van der Waals surface area contributed by atoms with Crippen LogP contribution >= 0.6 is 11.3 Å². The van der Waals surface area contributed by atoms with E-state index in [1.165, 1.54) is 11.3 Å². The summed E-state index contributed by atoms with van der Waals surface area (Å²) in [7, 11) is 0. The van der Waals surface area contributed by atoms with Gasteiger partial charge in [-0.25, -0.2) is 9.48 Å². The lowest BCUT2D eigenvalue weighted by Gasteiger charge is -2.06. The highest BCUT2D eigenvalue weighted by Gasteiger charge is 2.17. The summed E-state index contributed by atoms with van der Waals surface area (Å²) < 4.78 is 1.85. The van der Waals surface area contributed by atoms with Crippen molar-refractivity contribution in [2.45, 2.75) is 6.92 Å². The predicted octanol–water partition coefficient (Wildman–Crippen LogP) is 4.14. The van der Waals surface area contributed by atoms with Crippen LogP contribution < -0.4 is 16.4 Å². The van der Waals surface area contributed by atoms with Crippen LogP contribution in [0.3, 0.4) is 0 Å². The minimum Gasteiger partial charge on any atom is -0.351 e. The van der Waals surface area contributed by atoms with E-state index in [0.29, 0.717) is 16.3 Å². The fraction of sp³-hybridized carbons (Fsp3) is 0.0500. The SMILES string of the molecule is Cc1nn(-c2ccccc2)c2sc(C(=O)Nc3cccc(NC(N)=O)c3)cc12. The molecule has 0 aliphatic carbocycles. The van der Waals surface area contributed by atoms with Crippen LogP contribution in [0.25, 0.3) is 15.9 Å². The van der Waals surface area contributed by atoms with Crippen molar-refractivity contribution in [3.63, 3.8) is 0 Å². The van der Waals surface area contributed by atoms with Gasteiger partial charge < -0.3 is 16.4 Å². The molecule has 4 N–H and O–H groups in total. The van der Waals surface area contributed by atoms with Crippen molar-refractivity contribution in [3.8, 4) is 5.69 Å². The molecule has 28 heavy (non-hydrogen) atoms. The highest BCUT2D eigenvalue weighted by molar-refractivity contribution is 7.20. The molecule has 7 nitrogen and oxygen atoms in total. The van der Waals surface area contributed by atoms with Crippen molar-refractivity contribution in [2.75, 3.05) is 10.6 Å². The molecule has 0 fully saturated rings. The van der Waals surface area contributed by atoms with Crippen molar-refractivity contribution in [1.29, 1.82) is 0 Å². The van der Waals surface area contributed by atoms with Crippen LogP contribution in [0.5, 0.6) is 0 Å². The first-order valence-electron chi connectivity index (χ1n) is 8.54. The number of hydrogen-bond acceptors (Lipinski definition) is 4. The van der Waals surface area contributed by atoms with Gasteiger partial charge >= 0.3 is 6.03 Å². The molecule has 0 aliphatic rings. The molecular weight excluding hydrogens is 374 g/mol. The summed E-state index contributed by atoms with van der Waals surface area (Å²) >= 11 is 1.38. The molecule has 4 aromatic rings. The number of nitrogens with two attached hydrogens (primary N) is 1. The van der Waals surface area contributed by atoms with E-state index in [1.54, 1.807) is 24.3 Å². The Hall–Kier alpha value is -3.65. The molecule has 0 atom stereocenters. The van der Waals surface area contributed by atoms with Crippen LogP contribution in [0, 0.1) is 6.92 Å². The van der Waals surface area contributed by atoms with Gasteiger partial charge in [-0.3, -0.25) is 4.79 Å². The van der Waals surface area contributed by atoms with Crippen molar-refractivity contribution in [1.82, 2.24) is 9.78 Å². The third-order valence-corrected chi connectivity index (χ3v) is 5.27. The molecule has 0 bridgehead atoms. The second kappa shape index (κ2) is 7.16. The van der Waals surface area contributed by atoms with Gasteiger partial charge in [0.05, 0.1) is 16.3 Å². The molecule has 8 heteroatoms. The highest BCUT2D eigenvalue weighted by Crippen LogP contribution is 2.31. The Balaban J connectivity index is 1.63. The molecular formula is C20H17N5O2S. The number of carbonyl (C=O) groups is 2. The van der Waals surface area contributed by atoms with Crippen molar-refractivity contribution in [3.05, 3.63) is 71.2 Å². The molecule has 3 amide bonds. The molecule has 0 saturated carbocycles. The van der Waals surface area contributed by atoms with E-state index in [1.807, 2.05) is 48.0 Å². The van der Waals surface area contributed by atoms with Crippen LogP contribution in [-0.2, 0) is 0 Å². The van der Waals surface area contributed by atoms with E-state index in [-0.39, 0.29) is 5.91 Å². The van der Waals surface area contributed by atoms with E-state index < -0.39 is 6.03 Å². The largest absolute Gasteiger partial charge is 0.351 e. The predicted molar refractivity (Wildman–Crippen MR) is 111 cm³/mol. The Morgan fingerprint density at radius 3 is 2.43 bits per heavy atom. The second-order valence-electron chi connectivity index (χ2n) is 6.19. The summed E-state index contributed by atoms with van der Waals surface area (Å²) in [6.45, 7) is 1.93. The van der Waals surface area contributed by atoms with Crippen LogP contribution in [0.4, 0.5) is 16.2 Å². The second-order valence-corrected chi connectivity index (χ2v) is 7.22. The minimum absolute atomic E-state index is 0.226. The normalized spacial score (nSPS) is 10.8. The number of para-hydroxylation sites is 1. The minimum atomic E-state index is -0.658. The fourth-order valence-corrected chi connectivity index (χ4v) is 3.99. The number of benzene rings is 2. The Bertz CT molecular complexity index is 1180. The molecule has 2 aromatic heterocycles. The maximum Gasteiger partial charge on any atom is 0.316 e. The first-order chi connectivity index (χ1) is 13.5. The number of thiophene rings is 1. The molecule has 0 aliphatic heterocycles. The summed E-state index contributed by atoms with van der Waals surface area (Å²) in [5.74, 6) is -0.226. The molecule has 0 unspecified atom stereocenters. The van der Waals surface area contributed by atoms with Gasteiger partial charge in [0.2, 0.25) is 0 Å². The number of aryl methyl sites for hydroxylation is 1. The van der Waals surface area contributed by atoms with Crippen LogP contribution in [-0.4, -0.2) is 21.7 Å². The molecule has 0 radical (unpaired) electrons. The van der Waals surface area contributed by atoms with Gasteiger partial charge in [0, 0.05) is 16.8 Å². The van der Waals surface area contributed by atoms with Gasteiger partial charge in [-0.15, -0.1) is 11.3 Å². The van der Waals surface area contributed by atoms with E-state index >= 15 is 0 Å². The van der Waals surface area contributed by atoms with Crippen molar-refractivity contribution in [2.24, 2.45) is 5.73 Å². The van der Waals surface area contributed by atoms with Gasteiger partial charge in [0.1, 0.15) is 4.83 Å². The van der Waals surface area contributed by atoms with Crippen molar-refractivity contribution < 1.29 is 9.59 Å². The number of rotatable bonds is 4. The smallest absolute Gasteiger partial charge is 0.316 e. The van der Waals surface area contributed by atoms with Crippen molar-refractivity contribution >= 4 is 44.9 Å². The number of anilines is 2. The van der Waals surface area contributed by atoms with Gasteiger partial charge in [-0.2, -0.15) is 5.10 Å². The molecule has 0 spiro atoms. The number of primary amides is 1. The topological polar surface area (TPSA) is 102 Å². The first-order valence-corrected chi connectivity index (χ1v) is 9.35. The average Bonchev–Trinajstić information content (AvgIpc) is 3.23. The number of amides is 3. The molecule has 2 aromatic carbocycles. The number of carbonyl (C=O) groups excluding carboxylic acids is 2. The summed E-state index contributed by atoms with van der Waals surface area (Å²) in [5.41, 5.74) is 8.01. The quantitative estimate of drug-likeness (QED) is 0.487. The number of urea groups is 1. The van der Waals surface area contributed by atoms with Gasteiger partial charge in [-0.1, -0.05) is 24.3 Å². The molecule has 4 rings (SSSR count). The van der Waals surface area contributed by atoms with E-state index in [4.69, 9.17) is 5.73 Å². The Labute approximate surface area is 164 Å². The lowest BCUT2D eigenvalue weighted by Crippen LogP contribution is -2.19. The monoisotopic (exact) mass is 391 g/mol. The summed E-state index contributed by atoms with van der Waals surface area (Å²) in [4.78, 5) is 25.2. The lowest BCUT2D eigenvalue weighted by atomic mass is 10.2. The van der Waals surface area contributed by atoms with Gasteiger partial charge in [0.25, 0.3) is 5.91 Å². The van der Waals surface area contributed by atoms with E-state index in [2.05, 4.69) is 15.7 Å².